The topological polar surface area (TPSA) is 12.0 Å². The van der Waals surface area contributed by atoms with E-state index in [2.05, 4.69) is 19.2 Å². The third kappa shape index (κ3) is 3.40. The Morgan fingerprint density at radius 2 is 1.94 bits per heavy atom. The van der Waals surface area contributed by atoms with Gasteiger partial charge in [-0.15, -0.1) is 0 Å². The zero-order chi connectivity index (χ0) is 12.5. The molecule has 0 aromatic rings. The van der Waals surface area contributed by atoms with E-state index in [4.69, 9.17) is 0 Å². The molecule has 2 saturated carbocycles. The minimum Gasteiger partial charge on any atom is -0.314 e. The Balaban J connectivity index is 1.83. The Morgan fingerprint density at radius 1 is 1.24 bits per heavy atom. The molecule has 0 aromatic carbocycles. The fourth-order valence-electron chi connectivity index (χ4n) is 3.38. The van der Waals surface area contributed by atoms with Crippen LogP contribution >= 0.6 is 0 Å². The van der Waals surface area contributed by atoms with Gasteiger partial charge in [0.2, 0.25) is 5.92 Å². The van der Waals surface area contributed by atoms with Crippen LogP contribution in [0.1, 0.15) is 58.8 Å². The number of hydrogen-bond acceptors (Lipinski definition) is 1. The highest BCUT2D eigenvalue weighted by atomic mass is 19.3. The number of alkyl halides is 2. The molecule has 2 rings (SSSR count). The van der Waals surface area contributed by atoms with Gasteiger partial charge >= 0.3 is 0 Å². The van der Waals surface area contributed by atoms with Gasteiger partial charge < -0.3 is 5.32 Å². The minimum atomic E-state index is -2.37. The van der Waals surface area contributed by atoms with E-state index in [-0.39, 0.29) is 18.8 Å². The molecule has 0 aliphatic heterocycles. The summed E-state index contributed by atoms with van der Waals surface area (Å²) >= 11 is 0. The van der Waals surface area contributed by atoms with Crippen molar-refractivity contribution in [3.05, 3.63) is 0 Å². The van der Waals surface area contributed by atoms with Gasteiger partial charge in [0.25, 0.3) is 0 Å². The van der Waals surface area contributed by atoms with E-state index in [1.165, 1.54) is 19.3 Å². The highest BCUT2D eigenvalue weighted by Gasteiger charge is 2.45. The third-order valence-electron chi connectivity index (χ3n) is 4.53. The lowest BCUT2D eigenvalue weighted by atomic mass is 9.64. The van der Waals surface area contributed by atoms with Gasteiger partial charge in [0.05, 0.1) is 0 Å². The number of halogens is 2. The second-order valence-electron chi connectivity index (χ2n) is 6.56. The summed E-state index contributed by atoms with van der Waals surface area (Å²) in [5.41, 5.74) is 0.343. The average molecular weight is 245 g/mol. The van der Waals surface area contributed by atoms with E-state index in [9.17, 15) is 8.78 Å². The van der Waals surface area contributed by atoms with Crippen LogP contribution in [0, 0.1) is 11.3 Å². The van der Waals surface area contributed by atoms with E-state index in [1.807, 2.05) is 0 Å². The molecule has 1 nitrogen and oxygen atoms in total. The van der Waals surface area contributed by atoms with Gasteiger partial charge in [-0.1, -0.05) is 20.3 Å². The molecule has 2 aliphatic rings. The summed E-state index contributed by atoms with van der Waals surface area (Å²) in [5.74, 6) is -2.11. The molecule has 2 aliphatic carbocycles. The van der Waals surface area contributed by atoms with Crippen LogP contribution in [-0.4, -0.2) is 18.5 Å². The van der Waals surface area contributed by atoms with Gasteiger partial charge in [0, 0.05) is 25.4 Å². The van der Waals surface area contributed by atoms with Crippen molar-refractivity contribution < 1.29 is 8.78 Å². The second-order valence-corrected chi connectivity index (χ2v) is 6.56. The first kappa shape index (κ1) is 13.3. The second kappa shape index (κ2) is 4.83. The molecule has 100 valence electrons. The standard InChI is InChI=1S/C14H25F2N/c1-11(2)17-10-13(5-3-6-13)8-12-4-7-14(15,16)9-12/h11-12,17H,3-10H2,1-2H3. The fraction of sp³-hybridized carbons (Fsp3) is 1.00. The molecule has 2 fully saturated rings. The summed E-state index contributed by atoms with van der Waals surface area (Å²) in [6, 6.07) is 0.498. The maximum Gasteiger partial charge on any atom is 0.248 e. The Bertz CT molecular complexity index is 259. The lowest BCUT2D eigenvalue weighted by Gasteiger charge is -2.44. The molecular formula is C14H25F2N. The first-order chi connectivity index (χ1) is 7.91. The molecule has 0 heterocycles. The number of rotatable bonds is 5. The van der Waals surface area contributed by atoms with Crippen molar-refractivity contribution in [3.8, 4) is 0 Å². The molecule has 17 heavy (non-hydrogen) atoms. The lowest BCUT2D eigenvalue weighted by molar-refractivity contribution is -0.000501. The smallest absolute Gasteiger partial charge is 0.248 e. The van der Waals surface area contributed by atoms with Gasteiger partial charge in [-0.05, 0) is 37.0 Å². The van der Waals surface area contributed by atoms with Crippen molar-refractivity contribution in [2.45, 2.75) is 70.8 Å². The molecule has 0 bridgehead atoms. The molecule has 0 aromatic heterocycles. The van der Waals surface area contributed by atoms with Crippen LogP contribution in [0.25, 0.3) is 0 Å². The average Bonchev–Trinajstić information content (AvgIpc) is 2.49. The van der Waals surface area contributed by atoms with Crippen molar-refractivity contribution in [2.75, 3.05) is 6.54 Å². The van der Waals surface area contributed by atoms with Crippen molar-refractivity contribution in [1.29, 1.82) is 0 Å². The lowest BCUT2D eigenvalue weighted by Crippen LogP contribution is -2.43. The van der Waals surface area contributed by atoms with Gasteiger partial charge in [0.15, 0.2) is 0 Å². The van der Waals surface area contributed by atoms with E-state index in [0.717, 1.165) is 19.4 Å². The van der Waals surface area contributed by atoms with Crippen molar-refractivity contribution >= 4 is 0 Å². The van der Waals surface area contributed by atoms with E-state index >= 15 is 0 Å². The summed E-state index contributed by atoms with van der Waals surface area (Å²) in [5, 5.41) is 3.50. The van der Waals surface area contributed by atoms with Crippen LogP contribution in [-0.2, 0) is 0 Å². The van der Waals surface area contributed by atoms with Gasteiger partial charge in [-0.25, -0.2) is 8.78 Å². The molecular weight excluding hydrogens is 220 g/mol. The minimum absolute atomic E-state index is 0.116. The van der Waals surface area contributed by atoms with Crippen LogP contribution < -0.4 is 5.32 Å². The maximum absolute atomic E-state index is 13.2. The summed E-state index contributed by atoms with van der Waals surface area (Å²) in [6.45, 7) is 5.32. The quantitative estimate of drug-likeness (QED) is 0.772. The van der Waals surface area contributed by atoms with Gasteiger partial charge in [-0.3, -0.25) is 0 Å². The summed E-state index contributed by atoms with van der Waals surface area (Å²) in [7, 11) is 0. The summed E-state index contributed by atoms with van der Waals surface area (Å²) < 4.78 is 26.4. The molecule has 0 amide bonds. The normalized spacial score (nSPS) is 30.5. The predicted octanol–water partition coefficient (Wildman–Crippen LogP) is 3.98. The van der Waals surface area contributed by atoms with Crippen LogP contribution in [0.2, 0.25) is 0 Å². The van der Waals surface area contributed by atoms with Gasteiger partial charge in [-0.2, -0.15) is 0 Å². The highest BCUT2D eigenvalue weighted by molar-refractivity contribution is 4.94. The largest absolute Gasteiger partial charge is 0.314 e. The number of hydrogen-bond donors (Lipinski definition) is 1. The Labute approximate surface area is 103 Å². The SMILES string of the molecule is CC(C)NCC1(CC2CCC(F)(F)C2)CCC1. The van der Waals surface area contributed by atoms with Crippen LogP contribution in [0.15, 0.2) is 0 Å². The Morgan fingerprint density at radius 3 is 2.35 bits per heavy atom. The third-order valence-corrected chi connectivity index (χ3v) is 4.53. The molecule has 1 unspecified atom stereocenters. The summed E-state index contributed by atoms with van der Waals surface area (Å²) in [4.78, 5) is 0. The monoisotopic (exact) mass is 245 g/mol. The van der Waals surface area contributed by atoms with Gasteiger partial charge in [0.1, 0.15) is 0 Å². The van der Waals surface area contributed by atoms with E-state index in [0.29, 0.717) is 11.5 Å². The van der Waals surface area contributed by atoms with Crippen molar-refractivity contribution in [3.63, 3.8) is 0 Å². The molecule has 0 radical (unpaired) electrons. The predicted molar refractivity (Wildman–Crippen MR) is 66.3 cm³/mol. The maximum atomic E-state index is 13.2. The Kier molecular flexibility index (Phi) is 3.77. The zero-order valence-corrected chi connectivity index (χ0v) is 11.1. The molecule has 0 saturated heterocycles. The molecule has 0 spiro atoms. The number of nitrogens with one attached hydrogen (secondary N) is 1. The van der Waals surface area contributed by atoms with E-state index < -0.39 is 5.92 Å². The summed E-state index contributed by atoms with van der Waals surface area (Å²) in [6.07, 6.45) is 5.74. The van der Waals surface area contributed by atoms with Crippen molar-refractivity contribution in [2.24, 2.45) is 11.3 Å². The van der Waals surface area contributed by atoms with Crippen LogP contribution in [0.4, 0.5) is 8.78 Å². The van der Waals surface area contributed by atoms with Crippen molar-refractivity contribution in [1.82, 2.24) is 5.32 Å². The first-order valence-corrected chi connectivity index (χ1v) is 7.02. The highest BCUT2D eigenvalue weighted by Crippen LogP contribution is 2.50. The Hall–Kier alpha value is -0.180. The zero-order valence-electron chi connectivity index (χ0n) is 11.1. The first-order valence-electron chi connectivity index (χ1n) is 7.02. The molecule has 1 N–H and O–H groups in total. The molecule has 3 heteroatoms. The molecule has 1 atom stereocenters. The van der Waals surface area contributed by atoms with Crippen LogP contribution in [0.5, 0.6) is 0 Å². The van der Waals surface area contributed by atoms with Crippen LogP contribution in [0.3, 0.4) is 0 Å². The fourth-order valence-corrected chi connectivity index (χ4v) is 3.38. The van der Waals surface area contributed by atoms with E-state index in [1.54, 1.807) is 0 Å².